The lowest BCUT2D eigenvalue weighted by Gasteiger charge is -2.10. The quantitative estimate of drug-likeness (QED) is 0.719. The molecule has 0 fully saturated rings. The van der Waals surface area contributed by atoms with Crippen LogP contribution in [0.25, 0.3) is 10.9 Å². The molecule has 1 aromatic heterocycles. The Morgan fingerprint density at radius 1 is 1.04 bits per heavy atom. The smallest absolute Gasteiger partial charge is 0.261 e. The highest BCUT2D eigenvalue weighted by molar-refractivity contribution is 7.92. The highest BCUT2D eigenvalue weighted by Gasteiger charge is 2.18. The molecule has 0 saturated carbocycles. The minimum absolute atomic E-state index is 0.124. The van der Waals surface area contributed by atoms with Crippen molar-refractivity contribution in [3.05, 3.63) is 52.6 Å². The van der Waals surface area contributed by atoms with E-state index in [-0.39, 0.29) is 4.90 Å². The predicted molar refractivity (Wildman–Crippen MR) is 92.1 cm³/mol. The van der Waals surface area contributed by atoms with E-state index in [2.05, 4.69) is 9.71 Å². The number of hydrogen-bond acceptors (Lipinski definition) is 3. The van der Waals surface area contributed by atoms with E-state index in [0.29, 0.717) is 32.4 Å². The fourth-order valence-corrected chi connectivity index (χ4v) is 3.84. The summed E-state index contributed by atoms with van der Waals surface area (Å²) >= 11 is 12.2. The summed E-state index contributed by atoms with van der Waals surface area (Å²) in [5.74, 6) is 0.578. The van der Waals surface area contributed by atoms with Gasteiger partial charge in [0.25, 0.3) is 10.0 Å². The number of rotatable bonds is 4. The summed E-state index contributed by atoms with van der Waals surface area (Å²) in [6.07, 6.45) is 1.56. The van der Waals surface area contributed by atoms with Crippen LogP contribution in [-0.2, 0) is 10.0 Å². The lowest BCUT2D eigenvalue weighted by Crippen LogP contribution is -2.13. The number of anilines is 1. The standard InChI is InChI=1S/C15H12Cl2N2O3S/c1-22-9-2-4-10(5-3-9)23(20,21)19-13-7-6-11(16)14-12(17)8-18-15(13)14/h2-8,18-19H,1H3. The van der Waals surface area contributed by atoms with Gasteiger partial charge in [0.15, 0.2) is 0 Å². The molecule has 0 spiro atoms. The number of methoxy groups -OCH3 is 1. The van der Waals surface area contributed by atoms with Crippen LogP contribution in [0, 0.1) is 0 Å². The molecular formula is C15H12Cl2N2O3S. The van der Waals surface area contributed by atoms with E-state index in [4.69, 9.17) is 27.9 Å². The molecule has 120 valence electrons. The second-order valence-corrected chi connectivity index (χ2v) is 7.26. The van der Waals surface area contributed by atoms with Gasteiger partial charge in [-0.05, 0) is 36.4 Å². The van der Waals surface area contributed by atoms with Crippen molar-refractivity contribution in [1.82, 2.24) is 4.98 Å². The Bertz CT molecular complexity index is 966. The fraction of sp³-hybridized carbons (Fsp3) is 0.0667. The Kier molecular flexibility index (Phi) is 4.14. The molecule has 23 heavy (non-hydrogen) atoms. The van der Waals surface area contributed by atoms with Crippen molar-refractivity contribution >= 4 is 49.8 Å². The van der Waals surface area contributed by atoms with Gasteiger partial charge in [-0.3, -0.25) is 4.72 Å². The number of fused-ring (bicyclic) bond motifs is 1. The van der Waals surface area contributed by atoms with Crippen LogP contribution in [0.5, 0.6) is 5.75 Å². The van der Waals surface area contributed by atoms with E-state index in [1.165, 1.54) is 19.2 Å². The topological polar surface area (TPSA) is 71.2 Å². The second kappa shape index (κ2) is 5.96. The Balaban J connectivity index is 2.02. The van der Waals surface area contributed by atoms with Gasteiger partial charge in [-0.2, -0.15) is 0 Å². The molecule has 2 N–H and O–H groups in total. The van der Waals surface area contributed by atoms with E-state index in [1.807, 2.05) is 0 Å². The summed E-state index contributed by atoms with van der Waals surface area (Å²) in [4.78, 5) is 3.05. The number of aromatic nitrogens is 1. The maximum atomic E-state index is 12.5. The predicted octanol–water partition coefficient (Wildman–Crippen LogP) is 4.28. The summed E-state index contributed by atoms with van der Waals surface area (Å²) in [7, 11) is -2.23. The maximum Gasteiger partial charge on any atom is 0.261 e. The lowest BCUT2D eigenvalue weighted by molar-refractivity contribution is 0.414. The van der Waals surface area contributed by atoms with E-state index < -0.39 is 10.0 Å². The maximum absolute atomic E-state index is 12.5. The van der Waals surface area contributed by atoms with Gasteiger partial charge in [0.1, 0.15) is 5.75 Å². The summed E-state index contributed by atoms with van der Waals surface area (Å²) in [5, 5.41) is 1.44. The third-order valence-electron chi connectivity index (χ3n) is 3.35. The minimum atomic E-state index is -3.75. The second-order valence-electron chi connectivity index (χ2n) is 4.76. The van der Waals surface area contributed by atoms with Crippen LogP contribution in [0.2, 0.25) is 10.0 Å². The first kappa shape index (κ1) is 16.0. The number of ether oxygens (including phenoxy) is 1. The molecule has 0 bridgehead atoms. The van der Waals surface area contributed by atoms with E-state index in [1.54, 1.807) is 30.5 Å². The molecule has 0 unspecified atom stereocenters. The van der Waals surface area contributed by atoms with Crippen molar-refractivity contribution in [2.24, 2.45) is 0 Å². The molecule has 0 radical (unpaired) electrons. The van der Waals surface area contributed by atoms with Crippen LogP contribution in [0.3, 0.4) is 0 Å². The van der Waals surface area contributed by atoms with Crippen LogP contribution in [0.15, 0.2) is 47.5 Å². The molecule has 5 nitrogen and oxygen atoms in total. The van der Waals surface area contributed by atoms with Crippen LogP contribution in [0.1, 0.15) is 0 Å². The molecule has 8 heteroatoms. The zero-order valence-electron chi connectivity index (χ0n) is 11.9. The molecule has 0 aliphatic heterocycles. The number of sulfonamides is 1. The van der Waals surface area contributed by atoms with Crippen molar-refractivity contribution < 1.29 is 13.2 Å². The number of hydrogen-bond donors (Lipinski definition) is 2. The first-order chi connectivity index (χ1) is 10.9. The lowest BCUT2D eigenvalue weighted by atomic mass is 10.2. The van der Waals surface area contributed by atoms with Gasteiger partial charge >= 0.3 is 0 Å². The van der Waals surface area contributed by atoms with Gasteiger partial charge in [0.2, 0.25) is 0 Å². The van der Waals surface area contributed by atoms with E-state index in [0.717, 1.165) is 0 Å². The molecular weight excluding hydrogens is 359 g/mol. The average Bonchev–Trinajstić information content (AvgIpc) is 2.93. The fourth-order valence-electron chi connectivity index (χ4n) is 2.21. The molecule has 2 aromatic carbocycles. The zero-order chi connectivity index (χ0) is 16.6. The molecule has 3 aromatic rings. The number of halogens is 2. The van der Waals surface area contributed by atoms with Crippen molar-refractivity contribution in [2.75, 3.05) is 11.8 Å². The first-order valence-corrected chi connectivity index (χ1v) is 8.78. The third kappa shape index (κ3) is 2.97. The number of H-pyrrole nitrogens is 1. The largest absolute Gasteiger partial charge is 0.497 e. The summed E-state index contributed by atoms with van der Waals surface area (Å²) in [6.45, 7) is 0. The normalized spacial score (nSPS) is 11.6. The highest BCUT2D eigenvalue weighted by Crippen LogP contribution is 2.35. The van der Waals surface area contributed by atoms with Gasteiger partial charge in [-0.15, -0.1) is 0 Å². The van der Waals surface area contributed by atoms with Gasteiger partial charge in [0.05, 0.1) is 33.3 Å². The Hall–Kier alpha value is -1.89. The van der Waals surface area contributed by atoms with Crippen molar-refractivity contribution in [1.29, 1.82) is 0 Å². The Labute approximate surface area is 143 Å². The van der Waals surface area contributed by atoms with Gasteiger partial charge in [-0.1, -0.05) is 23.2 Å². The molecule has 0 atom stereocenters. The van der Waals surface area contributed by atoms with E-state index >= 15 is 0 Å². The van der Waals surface area contributed by atoms with Gasteiger partial charge in [-0.25, -0.2) is 8.42 Å². The van der Waals surface area contributed by atoms with E-state index in [9.17, 15) is 8.42 Å². The van der Waals surface area contributed by atoms with Gasteiger partial charge in [0, 0.05) is 11.6 Å². The van der Waals surface area contributed by atoms with Crippen molar-refractivity contribution in [2.45, 2.75) is 4.90 Å². The molecule has 0 amide bonds. The molecule has 3 rings (SSSR count). The van der Waals surface area contributed by atoms with Crippen molar-refractivity contribution in [3.8, 4) is 5.75 Å². The molecule has 1 heterocycles. The van der Waals surface area contributed by atoms with Crippen LogP contribution < -0.4 is 9.46 Å². The number of nitrogens with one attached hydrogen (secondary N) is 2. The van der Waals surface area contributed by atoms with Crippen LogP contribution in [-0.4, -0.2) is 20.5 Å². The SMILES string of the molecule is COc1ccc(S(=O)(=O)Nc2ccc(Cl)c3c(Cl)c[nH]c23)cc1. The Morgan fingerprint density at radius 2 is 1.74 bits per heavy atom. The zero-order valence-corrected chi connectivity index (χ0v) is 14.3. The minimum Gasteiger partial charge on any atom is -0.497 e. The molecule has 0 aliphatic carbocycles. The van der Waals surface area contributed by atoms with Gasteiger partial charge < -0.3 is 9.72 Å². The summed E-state index contributed by atoms with van der Waals surface area (Å²) < 4.78 is 32.6. The highest BCUT2D eigenvalue weighted by atomic mass is 35.5. The number of aromatic amines is 1. The molecule has 0 aliphatic rings. The van der Waals surface area contributed by atoms with Crippen LogP contribution in [0.4, 0.5) is 5.69 Å². The third-order valence-corrected chi connectivity index (χ3v) is 5.35. The summed E-state index contributed by atoms with van der Waals surface area (Å²) in [5.41, 5.74) is 0.895. The monoisotopic (exact) mass is 370 g/mol. The first-order valence-electron chi connectivity index (χ1n) is 6.54. The van der Waals surface area contributed by atoms with Crippen molar-refractivity contribution in [3.63, 3.8) is 0 Å². The van der Waals surface area contributed by atoms with Crippen LogP contribution >= 0.6 is 23.2 Å². The average molecular weight is 371 g/mol. The summed E-state index contributed by atoms with van der Waals surface area (Å²) in [6, 6.07) is 9.27. The Morgan fingerprint density at radius 3 is 2.39 bits per heavy atom. The number of benzene rings is 2. The molecule has 0 saturated heterocycles.